The quantitative estimate of drug-likeness (QED) is 0.625. The van der Waals surface area contributed by atoms with E-state index in [-0.39, 0.29) is 5.04 Å². The lowest BCUT2D eigenvalue weighted by Gasteiger charge is -2.53. The van der Waals surface area contributed by atoms with Gasteiger partial charge in [-0.15, -0.1) is 0 Å². The molecule has 1 atom stereocenters. The molecule has 5 heteroatoms. The van der Waals surface area contributed by atoms with Crippen LogP contribution in [0.3, 0.4) is 0 Å². The van der Waals surface area contributed by atoms with Crippen LogP contribution in [0.5, 0.6) is 0 Å². The van der Waals surface area contributed by atoms with Crippen molar-refractivity contribution in [3.05, 3.63) is 35.9 Å². The summed E-state index contributed by atoms with van der Waals surface area (Å²) in [6.07, 6.45) is 0. The SMILES string of the molecule is COC(O[Si](C)(C)O)(c1ccccc1)C(C)(C)[Si](C)(C)C. The van der Waals surface area contributed by atoms with Crippen molar-refractivity contribution >= 4 is 16.6 Å². The number of hydrogen-bond acceptors (Lipinski definition) is 3. The van der Waals surface area contributed by atoms with Crippen LogP contribution in [0.15, 0.2) is 30.3 Å². The van der Waals surface area contributed by atoms with Gasteiger partial charge in [-0.2, -0.15) is 0 Å². The summed E-state index contributed by atoms with van der Waals surface area (Å²) in [5, 5.41) is -0.219. The van der Waals surface area contributed by atoms with Gasteiger partial charge in [-0.05, 0) is 13.1 Å². The number of rotatable bonds is 6. The van der Waals surface area contributed by atoms with Crippen molar-refractivity contribution in [3.8, 4) is 0 Å². The van der Waals surface area contributed by atoms with Crippen molar-refractivity contribution in [1.82, 2.24) is 0 Å². The van der Waals surface area contributed by atoms with E-state index in [1.807, 2.05) is 30.3 Å². The van der Waals surface area contributed by atoms with Crippen molar-refractivity contribution in [2.45, 2.75) is 57.4 Å². The van der Waals surface area contributed by atoms with Gasteiger partial charge >= 0.3 is 8.56 Å². The van der Waals surface area contributed by atoms with Crippen molar-refractivity contribution in [2.75, 3.05) is 7.11 Å². The third kappa shape index (κ3) is 3.66. The molecule has 0 spiro atoms. The van der Waals surface area contributed by atoms with Crippen molar-refractivity contribution < 1.29 is 14.0 Å². The van der Waals surface area contributed by atoms with Crippen LogP contribution in [0.1, 0.15) is 19.4 Å². The summed E-state index contributed by atoms with van der Waals surface area (Å²) in [6.45, 7) is 14.9. The molecule has 1 aromatic rings. The van der Waals surface area contributed by atoms with Gasteiger partial charge in [0.2, 0.25) is 0 Å². The summed E-state index contributed by atoms with van der Waals surface area (Å²) in [4.78, 5) is 10.4. The Morgan fingerprint density at radius 1 is 0.952 bits per heavy atom. The highest BCUT2D eigenvalue weighted by molar-refractivity contribution is 6.79. The van der Waals surface area contributed by atoms with E-state index < -0.39 is 22.4 Å². The molecule has 0 aliphatic rings. The second kappa shape index (κ2) is 5.97. The number of ether oxygens (including phenoxy) is 1. The fraction of sp³-hybridized carbons (Fsp3) is 0.625. The van der Waals surface area contributed by atoms with Gasteiger partial charge in [-0.1, -0.05) is 63.8 Å². The van der Waals surface area contributed by atoms with Gasteiger partial charge in [0, 0.05) is 17.7 Å². The van der Waals surface area contributed by atoms with Crippen molar-refractivity contribution in [1.29, 1.82) is 0 Å². The molecule has 3 nitrogen and oxygen atoms in total. The highest BCUT2D eigenvalue weighted by Crippen LogP contribution is 2.55. The van der Waals surface area contributed by atoms with Gasteiger partial charge in [0.15, 0.2) is 5.79 Å². The lowest BCUT2D eigenvalue weighted by molar-refractivity contribution is -0.211. The standard InChI is InChI=1S/C16H30O3Si2/c1-15(2,20(4,5)6)16(18-3,19-21(7,8)17)14-12-10-9-11-13-14/h9-13,17H,1-8H3. The van der Waals surface area contributed by atoms with Crippen molar-refractivity contribution in [2.24, 2.45) is 0 Å². The first kappa shape index (κ1) is 18.6. The summed E-state index contributed by atoms with van der Waals surface area (Å²) in [5.41, 5.74) is 0.967. The molecule has 0 aromatic heterocycles. The maximum atomic E-state index is 10.4. The predicted octanol–water partition coefficient (Wildman–Crippen LogP) is 4.31. The summed E-state index contributed by atoms with van der Waals surface area (Å²) in [5.74, 6) is -0.927. The smallest absolute Gasteiger partial charge is 0.331 e. The number of hydrogen-bond donors (Lipinski definition) is 1. The van der Waals surface area contributed by atoms with E-state index in [1.54, 1.807) is 20.2 Å². The molecule has 0 aliphatic carbocycles. The first-order chi connectivity index (χ1) is 9.37. The van der Waals surface area contributed by atoms with E-state index in [0.717, 1.165) is 5.56 Å². The zero-order chi connectivity index (χ0) is 16.5. The lowest BCUT2D eigenvalue weighted by atomic mass is 9.93. The minimum Gasteiger partial charge on any atom is -0.411 e. The molecule has 21 heavy (non-hydrogen) atoms. The van der Waals surface area contributed by atoms with Gasteiger partial charge < -0.3 is 14.0 Å². The first-order valence-corrected chi connectivity index (χ1v) is 13.8. The van der Waals surface area contributed by atoms with Gasteiger partial charge in [0.1, 0.15) is 0 Å². The monoisotopic (exact) mass is 326 g/mol. The highest BCUT2D eigenvalue weighted by atomic mass is 28.4. The molecule has 1 N–H and O–H groups in total. The maximum absolute atomic E-state index is 10.4. The summed E-state index contributed by atoms with van der Waals surface area (Å²) in [7, 11) is -2.77. The average Bonchev–Trinajstić information content (AvgIpc) is 2.34. The molecule has 0 bridgehead atoms. The van der Waals surface area contributed by atoms with Crippen LogP contribution in [-0.4, -0.2) is 28.5 Å². The fourth-order valence-electron chi connectivity index (χ4n) is 2.47. The third-order valence-electron chi connectivity index (χ3n) is 4.53. The Balaban J connectivity index is 3.56. The Kier molecular flexibility index (Phi) is 5.28. The van der Waals surface area contributed by atoms with Crippen molar-refractivity contribution in [3.63, 3.8) is 0 Å². The first-order valence-electron chi connectivity index (χ1n) is 7.40. The van der Waals surface area contributed by atoms with E-state index in [4.69, 9.17) is 9.16 Å². The Bertz CT molecular complexity index is 461. The molecule has 1 unspecified atom stereocenters. The minimum atomic E-state index is -2.79. The molecule has 1 rings (SSSR count). The third-order valence-corrected chi connectivity index (χ3v) is 9.40. The lowest BCUT2D eigenvalue weighted by Crippen LogP contribution is -2.57. The topological polar surface area (TPSA) is 38.7 Å². The van der Waals surface area contributed by atoms with Gasteiger partial charge in [0.05, 0.1) is 8.07 Å². The van der Waals surface area contributed by atoms with Gasteiger partial charge in [0.25, 0.3) is 0 Å². The molecule has 0 amide bonds. The molecule has 0 saturated heterocycles. The molecule has 0 saturated carbocycles. The summed E-state index contributed by atoms with van der Waals surface area (Å²) >= 11 is 0. The Labute approximate surface area is 131 Å². The Hall–Kier alpha value is -0.466. The largest absolute Gasteiger partial charge is 0.411 e. The zero-order valence-corrected chi connectivity index (χ0v) is 16.7. The second-order valence-corrected chi connectivity index (χ2v) is 16.5. The van der Waals surface area contributed by atoms with Crippen LogP contribution in [0.4, 0.5) is 0 Å². The number of benzene rings is 1. The fourth-order valence-corrected chi connectivity index (χ4v) is 5.01. The molecule has 1 aromatic carbocycles. The molecular weight excluding hydrogens is 296 g/mol. The normalized spacial score (nSPS) is 16.6. The predicted molar refractivity (Wildman–Crippen MR) is 93.3 cm³/mol. The summed E-state index contributed by atoms with van der Waals surface area (Å²) in [6, 6.07) is 9.99. The van der Waals surface area contributed by atoms with Crippen LogP contribution in [0, 0.1) is 0 Å². The second-order valence-electron chi connectivity index (χ2n) is 7.61. The van der Waals surface area contributed by atoms with E-state index in [9.17, 15) is 4.80 Å². The Morgan fingerprint density at radius 2 is 1.43 bits per heavy atom. The maximum Gasteiger partial charge on any atom is 0.331 e. The van der Waals surface area contributed by atoms with Crippen LogP contribution in [0.25, 0.3) is 0 Å². The molecular formula is C16H30O3Si2. The zero-order valence-electron chi connectivity index (χ0n) is 14.7. The Morgan fingerprint density at radius 3 is 1.76 bits per heavy atom. The van der Waals surface area contributed by atoms with Crippen LogP contribution in [-0.2, 0) is 14.9 Å². The minimum absolute atomic E-state index is 0.219. The van der Waals surface area contributed by atoms with E-state index in [2.05, 4.69) is 33.5 Å². The van der Waals surface area contributed by atoms with E-state index in [1.165, 1.54) is 0 Å². The van der Waals surface area contributed by atoms with Gasteiger partial charge in [-0.25, -0.2) is 0 Å². The molecule has 0 aliphatic heterocycles. The van der Waals surface area contributed by atoms with Crippen LogP contribution >= 0.6 is 0 Å². The van der Waals surface area contributed by atoms with E-state index in [0.29, 0.717) is 0 Å². The van der Waals surface area contributed by atoms with E-state index >= 15 is 0 Å². The highest BCUT2D eigenvalue weighted by Gasteiger charge is 2.57. The molecule has 0 radical (unpaired) electrons. The van der Waals surface area contributed by atoms with Crippen LogP contribution < -0.4 is 0 Å². The van der Waals surface area contributed by atoms with Gasteiger partial charge in [-0.3, -0.25) is 0 Å². The summed E-state index contributed by atoms with van der Waals surface area (Å²) < 4.78 is 12.2. The molecule has 0 heterocycles. The van der Waals surface area contributed by atoms with Crippen LogP contribution in [0.2, 0.25) is 37.8 Å². The number of methoxy groups -OCH3 is 1. The average molecular weight is 327 g/mol. The molecule has 0 fully saturated rings. The molecule has 120 valence electrons.